The van der Waals surface area contributed by atoms with Gasteiger partial charge in [0.25, 0.3) is 0 Å². The summed E-state index contributed by atoms with van der Waals surface area (Å²) >= 11 is 6.52. The first kappa shape index (κ1) is 14.7. The van der Waals surface area contributed by atoms with Crippen molar-refractivity contribution in [3.05, 3.63) is 27.1 Å². The van der Waals surface area contributed by atoms with E-state index < -0.39 is 10.0 Å². The third-order valence-corrected chi connectivity index (χ3v) is 5.52. The largest absolute Gasteiger partial charge is 0.245 e. The van der Waals surface area contributed by atoms with Gasteiger partial charge in [0.05, 0.1) is 11.4 Å². The molecular weight excluding hydrogens is 370 g/mol. The number of halogens is 2. The van der Waals surface area contributed by atoms with Gasteiger partial charge in [0.15, 0.2) is 0 Å². The van der Waals surface area contributed by atoms with E-state index in [4.69, 9.17) is 6.42 Å². The number of rotatable bonds is 4. The van der Waals surface area contributed by atoms with Crippen LogP contribution < -0.4 is 0 Å². The summed E-state index contributed by atoms with van der Waals surface area (Å²) in [6, 6.07) is 4.92. The van der Waals surface area contributed by atoms with Gasteiger partial charge < -0.3 is 0 Å². The van der Waals surface area contributed by atoms with Crippen LogP contribution >= 0.6 is 31.9 Å². The van der Waals surface area contributed by atoms with Crippen molar-refractivity contribution >= 4 is 41.9 Å². The van der Waals surface area contributed by atoms with Crippen molar-refractivity contribution in [1.82, 2.24) is 4.31 Å². The summed E-state index contributed by atoms with van der Waals surface area (Å²) < 4.78 is 27.1. The van der Waals surface area contributed by atoms with Gasteiger partial charge in [-0.1, -0.05) is 28.8 Å². The second kappa shape index (κ2) is 6.01. The van der Waals surface area contributed by atoms with E-state index in [1.807, 2.05) is 0 Å². The molecule has 0 heterocycles. The topological polar surface area (TPSA) is 37.4 Å². The van der Waals surface area contributed by atoms with Crippen LogP contribution in [0.3, 0.4) is 0 Å². The number of terminal acetylenes is 1. The summed E-state index contributed by atoms with van der Waals surface area (Å²) in [5.41, 5.74) is 0. The molecule has 17 heavy (non-hydrogen) atoms. The molecule has 0 N–H and O–H groups in total. The lowest BCUT2D eigenvalue weighted by Gasteiger charge is -2.18. The Morgan fingerprint density at radius 3 is 2.53 bits per heavy atom. The van der Waals surface area contributed by atoms with E-state index >= 15 is 0 Å². The molecule has 0 aliphatic rings. The summed E-state index contributed by atoms with van der Waals surface area (Å²) in [6.45, 7) is 2.16. The summed E-state index contributed by atoms with van der Waals surface area (Å²) in [4.78, 5) is 0.220. The van der Waals surface area contributed by atoms with E-state index in [9.17, 15) is 8.42 Å². The zero-order valence-electron chi connectivity index (χ0n) is 9.15. The Kier molecular flexibility index (Phi) is 5.20. The highest BCUT2D eigenvalue weighted by atomic mass is 79.9. The van der Waals surface area contributed by atoms with E-state index in [2.05, 4.69) is 37.8 Å². The first-order valence-electron chi connectivity index (χ1n) is 4.82. The van der Waals surface area contributed by atoms with E-state index in [-0.39, 0.29) is 11.4 Å². The van der Waals surface area contributed by atoms with Gasteiger partial charge in [-0.15, -0.1) is 6.42 Å². The van der Waals surface area contributed by atoms with Crippen LogP contribution in [0.2, 0.25) is 0 Å². The van der Waals surface area contributed by atoms with Crippen molar-refractivity contribution in [3.63, 3.8) is 0 Å². The molecular formula is C11H11Br2NO2S. The van der Waals surface area contributed by atoms with Crippen LogP contribution in [0.5, 0.6) is 0 Å². The second-order valence-electron chi connectivity index (χ2n) is 3.21. The van der Waals surface area contributed by atoms with Gasteiger partial charge >= 0.3 is 0 Å². The fraction of sp³-hybridized carbons (Fsp3) is 0.273. The Balaban J connectivity index is 3.26. The van der Waals surface area contributed by atoms with Gasteiger partial charge in [0.1, 0.15) is 0 Å². The smallest absolute Gasteiger partial charge is 0.207 e. The van der Waals surface area contributed by atoms with Gasteiger partial charge in [-0.25, -0.2) is 8.42 Å². The highest BCUT2D eigenvalue weighted by Crippen LogP contribution is 2.27. The Hall–Kier alpha value is -0.350. The lowest BCUT2D eigenvalue weighted by Crippen LogP contribution is -2.31. The number of hydrogen-bond donors (Lipinski definition) is 0. The minimum Gasteiger partial charge on any atom is -0.207 e. The second-order valence-corrected chi connectivity index (χ2v) is 6.89. The van der Waals surface area contributed by atoms with Crippen molar-refractivity contribution in [2.45, 2.75) is 11.8 Å². The molecule has 0 fully saturated rings. The average Bonchev–Trinajstić information content (AvgIpc) is 2.24. The highest BCUT2D eigenvalue weighted by Gasteiger charge is 2.24. The quantitative estimate of drug-likeness (QED) is 0.753. The molecule has 0 aliphatic heterocycles. The molecule has 0 radical (unpaired) electrons. The lowest BCUT2D eigenvalue weighted by atomic mass is 10.4. The number of nitrogens with zero attached hydrogens (tertiary/aromatic N) is 1. The van der Waals surface area contributed by atoms with Crippen molar-refractivity contribution in [1.29, 1.82) is 0 Å². The first-order chi connectivity index (χ1) is 7.93. The lowest BCUT2D eigenvalue weighted by molar-refractivity contribution is 0.463. The van der Waals surface area contributed by atoms with Crippen LogP contribution in [-0.2, 0) is 10.0 Å². The molecule has 0 atom stereocenters. The van der Waals surface area contributed by atoms with E-state index in [1.165, 1.54) is 4.31 Å². The molecule has 3 nitrogen and oxygen atoms in total. The first-order valence-corrected chi connectivity index (χ1v) is 7.84. The number of sulfonamides is 1. The van der Waals surface area contributed by atoms with Crippen molar-refractivity contribution in [3.8, 4) is 12.3 Å². The van der Waals surface area contributed by atoms with Crippen LogP contribution in [0.4, 0.5) is 0 Å². The summed E-state index contributed by atoms with van der Waals surface area (Å²) in [5, 5.41) is 0. The third-order valence-electron chi connectivity index (χ3n) is 2.13. The highest BCUT2D eigenvalue weighted by molar-refractivity contribution is 9.11. The molecule has 1 aromatic carbocycles. The molecule has 0 aliphatic carbocycles. The molecule has 1 aromatic rings. The van der Waals surface area contributed by atoms with Crippen LogP contribution in [0.15, 0.2) is 32.0 Å². The van der Waals surface area contributed by atoms with Gasteiger partial charge in [0.2, 0.25) is 10.0 Å². The average molecular weight is 381 g/mol. The molecule has 0 bridgehead atoms. The monoisotopic (exact) mass is 379 g/mol. The maximum atomic E-state index is 12.3. The van der Waals surface area contributed by atoms with Crippen LogP contribution in [0, 0.1) is 12.3 Å². The Morgan fingerprint density at radius 2 is 2.06 bits per heavy atom. The van der Waals surface area contributed by atoms with Gasteiger partial charge in [0, 0.05) is 15.5 Å². The zero-order chi connectivity index (χ0) is 13.1. The fourth-order valence-corrected chi connectivity index (χ4v) is 4.36. The molecule has 6 heteroatoms. The van der Waals surface area contributed by atoms with Crippen LogP contribution in [-0.4, -0.2) is 25.8 Å². The fourth-order valence-electron chi connectivity index (χ4n) is 1.29. The summed E-state index contributed by atoms with van der Waals surface area (Å²) in [7, 11) is -3.54. The Labute approximate surface area is 119 Å². The minimum atomic E-state index is -3.54. The number of benzene rings is 1. The van der Waals surface area contributed by atoms with E-state index in [0.717, 1.165) is 4.47 Å². The Morgan fingerprint density at radius 1 is 1.41 bits per heavy atom. The van der Waals surface area contributed by atoms with Gasteiger partial charge in [-0.05, 0) is 34.1 Å². The Bertz CT molecular complexity index is 549. The maximum Gasteiger partial charge on any atom is 0.245 e. The minimum absolute atomic E-state index is 0.0708. The summed E-state index contributed by atoms with van der Waals surface area (Å²) in [6.07, 6.45) is 5.17. The molecule has 0 saturated carbocycles. The summed E-state index contributed by atoms with van der Waals surface area (Å²) in [5.74, 6) is 2.35. The molecule has 0 saturated heterocycles. The third kappa shape index (κ3) is 3.32. The SMILES string of the molecule is C#CCN(CC)S(=O)(=O)c1ccc(Br)cc1Br. The molecule has 0 spiro atoms. The molecule has 1 rings (SSSR count). The van der Waals surface area contributed by atoms with Crippen molar-refractivity contribution in [2.75, 3.05) is 13.1 Å². The van der Waals surface area contributed by atoms with E-state index in [1.54, 1.807) is 25.1 Å². The van der Waals surface area contributed by atoms with Crippen molar-refractivity contribution < 1.29 is 8.42 Å². The molecule has 0 aromatic heterocycles. The van der Waals surface area contributed by atoms with E-state index in [0.29, 0.717) is 11.0 Å². The normalized spacial score (nSPS) is 11.5. The maximum absolute atomic E-state index is 12.3. The predicted octanol–water partition coefficient (Wildman–Crippen LogP) is 2.86. The zero-order valence-corrected chi connectivity index (χ0v) is 13.1. The van der Waals surface area contributed by atoms with Gasteiger partial charge in [-0.3, -0.25) is 0 Å². The van der Waals surface area contributed by atoms with Crippen molar-refractivity contribution in [2.24, 2.45) is 0 Å². The van der Waals surface area contributed by atoms with Gasteiger partial charge in [-0.2, -0.15) is 4.31 Å². The van der Waals surface area contributed by atoms with Crippen LogP contribution in [0.25, 0.3) is 0 Å². The molecule has 0 unspecified atom stereocenters. The number of hydrogen-bond acceptors (Lipinski definition) is 2. The van der Waals surface area contributed by atoms with Crippen LogP contribution in [0.1, 0.15) is 6.92 Å². The predicted molar refractivity (Wildman–Crippen MR) is 75.1 cm³/mol. The standard InChI is InChI=1S/C11H11Br2NO2S/c1-3-7-14(4-2)17(15,16)11-6-5-9(12)8-10(11)13/h1,5-6,8H,4,7H2,2H3. The molecule has 0 amide bonds. The molecule has 92 valence electrons.